The molecule has 0 aliphatic carbocycles. The Bertz CT molecular complexity index is 1440. The second kappa shape index (κ2) is 15.7. The number of anilines is 2. The quantitative estimate of drug-likeness (QED) is 0.107. The van der Waals surface area contributed by atoms with E-state index in [2.05, 4.69) is 10.6 Å². The molecular formula is C31H38Cl2N4O6. The fraction of sp³-hybridized carbons (Fsp3) is 0.355. The maximum absolute atomic E-state index is 14.1. The number of nitrogens with one attached hydrogen (secondary N) is 2. The maximum atomic E-state index is 14.1. The minimum Gasteiger partial charge on any atom is -0.506 e. The van der Waals surface area contributed by atoms with Crippen LogP contribution >= 0.6 is 23.2 Å². The van der Waals surface area contributed by atoms with E-state index >= 15 is 0 Å². The lowest BCUT2D eigenvalue weighted by Crippen LogP contribution is -2.57. The first kappa shape index (κ1) is 33.8. The van der Waals surface area contributed by atoms with Crippen LogP contribution in [0.25, 0.3) is 0 Å². The number of unbranched alkanes of at least 4 members (excludes halogenated alkanes) is 2. The van der Waals surface area contributed by atoms with Crippen molar-refractivity contribution in [1.82, 2.24) is 10.6 Å². The molecule has 0 aliphatic heterocycles. The molecule has 0 fully saturated rings. The molecule has 10 nitrogen and oxygen atoms in total. The zero-order chi connectivity index (χ0) is 31.7. The Kier molecular flexibility index (Phi) is 12.3. The van der Waals surface area contributed by atoms with Crippen molar-refractivity contribution in [2.45, 2.75) is 59.1 Å². The van der Waals surface area contributed by atoms with Gasteiger partial charge in [0.05, 0.1) is 27.5 Å². The molecule has 3 aromatic rings. The summed E-state index contributed by atoms with van der Waals surface area (Å²) >= 11 is 12.7. The summed E-state index contributed by atoms with van der Waals surface area (Å²) in [6, 6.07) is 11.5. The maximum Gasteiger partial charge on any atom is 0.341 e. The summed E-state index contributed by atoms with van der Waals surface area (Å²) in [5.41, 5.74) is 2.24. The van der Waals surface area contributed by atoms with Gasteiger partial charge in [0.25, 0.3) is 0 Å². The van der Waals surface area contributed by atoms with Gasteiger partial charge in [-0.2, -0.15) is 10.0 Å². The fourth-order valence-corrected chi connectivity index (χ4v) is 4.92. The van der Waals surface area contributed by atoms with E-state index in [0.717, 1.165) is 34.0 Å². The van der Waals surface area contributed by atoms with Crippen LogP contribution in [0.15, 0.2) is 48.5 Å². The van der Waals surface area contributed by atoms with E-state index in [1.807, 2.05) is 38.1 Å². The average Bonchev–Trinajstić information content (AvgIpc) is 2.97. The molecule has 0 saturated heterocycles. The molecule has 0 bridgehead atoms. The number of benzene rings is 3. The molecule has 0 saturated carbocycles. The minimum absolute atomic E-state index is 0.0263. The molecule has 3 rings (SSSR count). The number of phenols is 2. The molecule has 1 atom stereocenters. The number of hydrazine groups is 1. The molecule has 4 amide bonds. The predicted octanol–water partition coefficient (Wildman–Crippen LogP) is 6.34. The Balaban J connectivity index is 2.22. The number of carbonyl (C=O) groups excluding carboxylic acids is 2. The van der Waals surface area contributed by atoms with Gasteiger partial charge in [0.2, 0.25) is 0 Å². The highest BCUT2D eigenvalue weighted by Crippen LogP contribution is 2.39. The second-order valence-electron chi connectivity index (χ2n) is 10.1. The van der Waals surface area contributed by atoms with Gasteiger partial charge in [0.15, 0.2) is 0 Å². The van der Waals surface area contributed by atoms with Crippen LogP contribution in [-0.4, -0.2) is 45.6 Å². The van der Waals surface area contributed by atoms with Gasteiger partial charge < -0.3 is 31.1 Å². The third kappa shape index (κ3) is 8.45. The number of halogens is 2. The van der Waals surface area contributed by atoms with Crippen molar-refractivity contribution in [2.75, 3.05) is 23.2 Å². The van der Waals surface area contributed by atoms with Crippen LogP contribution in [0.1, 0.15) is 61.5 Å². The van der Waals surface area contributed by atoms with E-state index in [1.165, 1.54) is 31.2 Å². The summed E-state index contributed by atoms with van der Waals surface area (Å²) in [5.74, 6) is -0.628. The summed E-state index contributed by atoms with van der Waals surface area (Å²) in [4.78, 5) is 28.0. The van der Waals surface area contributed by atoms with Gasteiger partial charge in [0.1, 0.15) is 11.5 Å². The van der Waals surface area contributed by atoms with Gasteiger partial charge in [-0.3, -0.25) is 0 Å². The number of urea groups is 2. The van der Waals surface area contributed by atoms with Crippen LogP contribution in [0.4, 0.5) is 21.0 Å². The third-order valence-electron chi connectivity index (χ3n) is 6.86. The minimum atomic E-state index is -1.16. The van der Waals surface area contributed by atoms with Gasteiger partial charge in [0, 0.05) is 25.3 Å². The number of hydrogen-bond donors (Lipinski definition) is 6. The molecule has 0 radical (unpaired) electrons. The van der Waals surface area contributed by atoms with E-state index in [-0.39, 0.29) is 63.6 Å². The molecule has 1 unspecified atom stereocenters. The lowest BCUT2D eigenvalue weighted by atomic mass is 10.1. The number of hydrogen-bond acceptors (Lipinski definition) is 6. The zero-order valence-corrected chi connectivity index (χ0v) is 25.9. The largest absolute Gasteiger partial charge is 0.506 e. The lowest BCUT2D eigenvalue weighted by Gasteiger charge is -2.35. The number of nitrogens with zero attached hydrogens (tertiary/aromatic N) is 2. The Morgan fingerprint density at radius 1 is 0.884 bits per heavy atom. The van der Waals surface area contributed by atoms with Crippen molar-refractivity contribution in [3.63, 3.8) is 0 Å². The van der Waals surface area contributed by atoms with Gasteiger partial charge >= 0.3 is 12.1 Å². The predicted molar refractivity (Wildman–Crippen MR) is 169 cm³/mol. The first-order valence-electron chi connectivity index (χ1n) is 14.0. The van der Waals surface area contributed by atoms with E-state index in [9.17, 15) is 30.0 Å². The van der Waals surface area contributed by atoms with E-state index in [4.69, 9.17) is 23.2 Å². The summed E-state index contributed by atoms with van der Waals surface area (Å²) in [5, 5.41) is 48.4. The summed E-state index contributed by atoms with van der Waals surface area (Å²) < 4.78 is 0. The van der Waals surface area contributed by atoms with Crippen molar-refractivity contribution in [3.8, 4) is 11.5 Å². The van der Waals surface area contributed by atoms with Crippen molar-refractivity contribution in [2.24, 2.45) is 0 Å². The normalized spacial score (nSPS) is 11.6. The number of aliphatic hydroxyl groups is 2. The standard InChI is InChI=1S/C31H38Cl2N4O6/c1-4-5-8-12-34-30(42)37(24-15-25(20(3)39)29(41)27(33)17-24)36(23-14-21(11-13-38)28(40)26(32)16-23)31(43)35-18-22-10-7-6-9-19(22)2/h6-7,9-10,14-17,20,38-41H,4-5,8,11-13,18H2,1-3H3,(H,34,42)(H,35,43). The molecule has 6 N–H and O–H groups in total. The van der Waals surface area contributed by atoms with Crippen LogP contribution in [0, 0.1) is 6.92 Å². The highest BCUT2D eigenvalue weighted by molar-refractivity contribution is 6.33. The van der Waals surface area contributed by atoms with Crippen LogP contribution in [0.5, 0.6) is 11.5 Å². The second-order valence-corrected chi connectivity index (χ2v) is 10.9. The molecular weight excluding hydrogens is 595 g/mol. The SMILES string of the molecule is CCCCCNC(=O)N(c1cc(Cl)c(O)c(C(C)O)c1)N(C(=O)NCc1ccccc1C)c1cc(Cl)c(O)c(CCO)c1. The van der Waals surface area contributed by atoms with Crippen LogP contribution in [-0.2, 0) is 13.0 Å². The molecule has 0 aliphatic rings. The van der Waals surface area contributed by atoms with Crippen LogP contribution in [0.3, 0.4) is 0 Å². The third-order valence-corrected chi connectivity index (χ3v) is 7.43. The van der Waals surface area contributed by atoms with Crippen LogP contribution in [0.2, 0.25) is 10.0 Å². The van der Waals surface area contributed by atoms with Crippen molar-refractivity contribution < 1.29 is 30.0 Å². The first-order valence-corrected chi connectivity index (χ1v) is 14.8. The number of amides is 4. The highest BCUT2D eigenvalue weighted by Gasteiger charge is 2.32. The number of rotatable bonds is 11. The Morgan fingerprint density at radius 3 is 2.09 bits per heavy atom. The van der Waals surface area contributed by atoms with Gasteiger partial charge in [-0.1, -0.05) is 67.2 Å². The Hall–Kier alpha value is -3.70. The van der Waals surface area contributed by atoms with E-state index in [0.29, 0.717) is 13.0 Å². The molecule has 232 valence electrons. The van der Waals surface area contributed by atoms with E-state index < -0.39 is 18.2 Å². The fourth-order valence-electron chi connectivity index (χ4n) is 4.47. The van der Waals surface area contributed by atoms with E-state index in [1.54, 1.807) is 0 Å². The summed E-state index contributed by atoms with van der Waals surface area (Å²) in [7, 11) is 0. The molecule has 0 spiro atoms. The molecule has 3 aromatic carbocycles. The van der Waals surface area contributed by atoms with Gasteiger partial charge in [-0.05, 0) is 67.6 Å². The topological polar surface area (TPSA) is 146 Å². The zero-order valence-electron chi connectivity index (χ0n) is 24.4. The molecule has 0 heterocycles. The van der Waals surface area contributed by atoms with Crippen molar-refractivity contribution >= 4 is 46.6 Å². The van der Waals surface area contributed by atoms with Crippen molar-refractivity contribution in [3.05, 3.63) is 80.8 Å². The number of aliphatic hydroxyl groups excluding tert-OH is 2. The smallest absolute Gasteiger partial charge is 0.341 e. The number of aryl methyl sites for hydroxylation is 1. The highest BCUT2D eigenvalue weighted by atomic mass is 35.5. The first-order chi connectivity index (χ1) is 20.5. The summed E-state index contributed by atoms with van der Waals surface area (Å²) in [6.45, 7) is 5.49. The summed E-state index contributed by atoms with van der Waals surface area (Å²) in [6.07, 6.45) is 1.36. The van der Waals surface area contributed by atoms with Gasteiger partial charge in [-0.15, -0.1) is 0 Å². The van der Waals surface area contributed by atoms with Gasteiger partial charge in [-0.25, -0.2) is 9.59 Å². The number of phenolic OH excluding ortho intramolecular Hbond substituents is 2. The monoisotopic (exact) mass is 632 g/mol. The van der Waals surface area contributed by atoms with Crippen molar-refractivity contribution in [1.29, 1.82) is 0 Å². The molecule has 0 aromatic heterocycles. The Labute approximate surface area is 261 Å². The molecule has 12 heteroatoms. The average molecular weight is 634 g/mol. The number of aromatic hydroxyl groups is 2. The number of carbonyl (C=O) groups is 2. The van der Waals surface area contributed by atoms with Crippen LogP contribution < -0.4 is 20.7 Å². The molecule has 43 heavy (non-hydrogen) atoms. The Morgan fingerprint density at radius 2 is 1.49 bits per heavy atom. The lowest BCUT2D eigenvalue weighted by molar-refractivity contribution is 0.195.